The predicted octanol–water partition coefficient (Wildman–Crippen LogP) is 3.60. The van der Waals surface area contributed by atoms with Gasteiger partial charge in [-0.3, -0.25) is 9.69 Å². The summed E-state index contributed by atoms with van der Waals surface area (Å²) < 4.78 is 2.06. The smallest absolute Gasteiger partial charge is 0.253 e. The Morgan fingerprint density at radius 1 is 1.28 bits per heavy atom. The Balaban J connectivity index is 1.77. The van der Waals surface area contributed by atoms with Gasteiger partial charge >= 0.3 is 0 Å². The molecule has 1 saturated heterocycles. The molecule has 5 nitrogen and oxygen atoms in total. The van der Waals surface area contributed by atoms with Gasteiger partial charge in [0, 0.05) is 24.8 Å². The van der Waals surface area contributed by atoms with Gasteiger partial charge in [0.15, 0.2) is 0 Å². The maximum Gasteiger partial charge on any atom is 0.253 e. The van der Waals surface area contributed by atoms with E-state index in [4.69, 9.17) is 11.4 Å². The first-order chi connectivity index (χ1) is 14.2. The number of piperidine rings is 1. The first kappa shape index (κ1) is 19.2. The van der Waals surface area contributed by atoms with Crippen molar-refractivity contribution in [2.45, 2.75) is 26.3 Å². The number of imidazole rings is 1. The van der Waals surface area contributed by atoms with Crippen LogP contribution < -0.4 is 5.32 Å². The molecule has 0 spiro atoms. The monoisotopic (exact) mass is 386 g/mol. The Bertz CT molecular complexity index is 1050. The van der Waals surface area contributed by atoms with Crippen LogP contribution in [0.3, 0.4) is 0 Å². The van der Waals surface area contributed by atoms with Crippen LogP contribution >= 0.6 is 0 Å². The Morgan fingerprint density at radius 3 is 2.86 bits per heavy atom. The Morgan fingerprint density at radius 2 is 2.10 bits per heavy atom. The highest BCUT2D eigenvalue weighted by molar-refractivity contribution is 5.94. The molecular formula is C24H26N4O. The van der Waals surface area contributed by atoms with Crippen molar-refractivity contribution in [3.63, 3.8) is 0 Å². The standard InChI is InChI=1S/C24H26N4O/c1-3-13-25-24(29)20-11-12-22-26-23(19-9-5-4-6-10-19)21(28(22)16-20)17-27-14-7-8-18(2)15-27/h1,4-6,9-12,16,18H,7-8,13-15,17H2,2H3,(H,25,29). The number of fused-ring (bicyclic) bond motifs is 1. The van der Waals surface area contributed by atoms with Crippen molar-refractivity contribution in [1.82, 2.24) is 19.6 Å². The van der Waals surface area contributed by atoms with E-state index in [2.05, 4.69) is 39.6 Å². The van der Waals surface area contributed by atoms with Gasteiger partial charge in [-0.2, -0.15) is 0 Å². The maximum atomic E-state index is 12.4. The van der Waals surface area contributed by atoms with Gasteiger partial charge in [-0.15, -0.1) is 6.42 Å². The topological polar surface area (TPSA) is 49.6 Å². The van der Waals surface area contributed by atoms with Crippen LogP contribution in [0.25, 0.3) is 16.9 Å². The highest BCUT2D eigenvalue weighted by Gasteiger charge is 2.21. The van der Waals surface area contributed by atoms with Gasteiger partial charge in [0.25, 0.3) is 5.91 Å². The SMILES string of the molecule is C#CCNC(=O)c1ccc2nc(-c3ccccc3)c(CN3CCCC(C)C3)n2c1. The van der Waals surface area contributed by atoms with E-state index in [1.54, 1.807) is 6.07 Å². The fourth-order valence-corrected chi connectivity index (χ4v) is 4.08. The van der Waals surface area contributed by atoms with Gasteiger partial charge in [0.05, 0.1) is 23.5 Å². The largest absolute Gasteiger partial charge is 0.341 e. The number of terminal acetylenes is 1. The zero-order valence-electron chi connectivity index (χ0n) is 16.8. The van der Waals surface area contributed by atoms with Crippen LogP contribution in [0.15, 0.2) is 48.7 Å². The minimum absolute atomic E-state index is 0.169. The third kappa shape index (κ3) is 4.18. The number of amides is 1. The van der Waals surface area contributed by atoms with Gasteiger partial charge in [-0.05, 0) is 37.4 Å². The van der Waals surface area contributed by atoms with E-state index in [0.29, 0.717) is 11.5 Å². The number of pyridine rings is 1. The molecule has 5 heteroatoms. The fraction of sp³-hybridized carbons (Fsp3) is 0.333. The Kier molecular flexibility index (Phi) is 5.64. The number of hydrogen-bond donors (Lipinski definition) is 1. The average Bonchev–Trinajstić information content (AvgIpc) is 3.10. The van der Waals surface area contributed by atoms with E-state index in [0.717, 1.165) is 42.2 Å². The zero-order valence-corrected chi connectivity index (χ0v) is 16.8. The number of carbonyl (C=O) groups is 1. The van der Waals surface area contributed by atoms with Gasteiger partial charge < -0.3 is 9.72 Å². The van der Waals surface area contributed by atoms with E-state index in [9.17, 15) is 4.79 Å². The molecule has 4 rings (SSSR count). The zero-order chi connectivity index (χ0) is 20.2. The number of aromatic nitrogens is 2. The van der Waals surface area contributed by atoms with E-state index < -0.39 is 0 Å². The summed E-state index contributed by atoms with van der Waals surface area (Å²) >= 11 is 0. The van der Waals surface area contributed by atoms with Crippen molar-refractivity contribution in [1.29, 1.82) is 0 Å². The second-order valence-electron chi connectivity index (χ2n) is 7.79. The van der Waals surface area contributed by atoms with Crippen LogP contribution in [0.4, 0.5) is 0 Å². The van der Waals surface area contributed by atoms with Gasteiger partial charge in [0.1, 0.15) is 5.65 Å². The lowest BCUT2D eigenvalue weighted by atomic mass is 10.00. The average molecular weight is 386 g/mol. The van der Waals surface area contributed by atoms with E-state index in [1.807, 2.05) is 30.5 Å². The third-order valence-corrected chi connectivity index (χ3v) is 5.49. The Hall–Kier alpha value is -3.10. The molecular weight excluding hydrogens is 360 g/mol. The molecule has 1 fully saturated rings. The summed E-state index contributed by atoms with van der Waals surface area (Å²) in [6.45, 7) is 5.52. The van der Waals surface area contributed by atoms with Crippen LogP contribution in [-0.2, 0) is 6.54 Å². The van der Waals surface area contributed by atoms with Crippen molar-refractivity contribution < 1.29 is 4.79 Å². The molecule has 148 valence electrons. The van der Waals surface area contributed by atoms with Crippen molar-refractivity contribution in [2.24, 2.45) is 5.92 Å². The van der Waals surface area contributed by atoms with Crippen molar-refractivity contribution in [2.75, 3.05) is 19.6 Å². The molecule has 1 amide bonds. The second kappa shape index (κ2) is 8.50. The van der Waals surface area contributed by atoms with Crippen molar-refractivity contribution in [3.8, 4) is 23.6 Å². The number of nitrogens with one attached hydrogen (secondary N) is 1. The molecule has 2 aromatic heterocycles. The molecule has 3 heterocycles. The van der Waals surface area contributed by atoms with Gasteiger partial charge in [-0.1, -0.05) is 43.2 Å². The lowest BCUT2D eigenvalue weighted by Crippen LogP contribution is -2.34. The van der Waals surface area contributed by atoms with E-state index in [1.165, 1.54) is 12.8 Å². The number of likely N-dealkylation sites (tertiary alicyclic amines) is 1. The van der Waals surface area contributed by atoms with Gasteiger partial charge in [-0.25, -0.2) is 4.98 Å². The third-order valence-electron chi connectivity index (χ3n) is 5.49. The summed E-state index contributed by atoms with van der Waals surface area (Å²) in [5, 5.41) is 2.74. The normalized spacial score (nSPS) is 17.2. The molecule has 0 saturated carbocycles. The summed E-state index contributed by atoms with van der Waals surface area (Å²) in [6.07, 6.45) is 9.65. The molecule has 1 N–H and O–H groups in total. The van der Waals surface area contributed by atoms with E-state index >= 15 is 0 Å². The maximum absolute atomic E-state index is 12.4. The number of rotatable bonds is 5. The molecule has 0 bridgehead atoms. The van der Waals surface area contributed by atoms with Crippen molar-refractivity contribution in [3.05, 3.63) is 59.9 Å². The molecule has 1 aromatic carbocycles. The molecule has 0 radical (unpaired) electrons. The van der Waals surface area contributed by atoms with Gasteiger partial charge in [0.2, 0.25) is 0 Å². The first-order valence-corrected chi connectivity index (χ1v) is 10.2. The summed E-state index contributed by atoms with van der Waals surface area (Å²) in [6, 6.07) is 14.0. The lowest BCUT2D eigenvalue weighted by Gasteiger charge is -2.30. The fourth-order valence-electron chi connectivity index (χ4n) is 4.08. The summed E-state index contributed by atoms with van der Waals surface area (Å²) in [5.74, 6) is 2.98. The molecule has 1 unspecified atom stereocenters. The summed E-state index contributed by atoms with van der Waals surface area (Å²) in [4.78, 5) is 19.8. The highest BCUT2D eigenvalue weighted by atomic mass is 16.1. The number of benzene rings is 1. The predicted molar refractivity (Wildman–Crippen MR) is 115 cm³/mol. The first-order valence-electron chi connectivity index (χ1n) is 10.2. The van der Waals surface area contributed by atoms with Crippen LogP contribution in [0.5, 0.6) is 0 Å². The van der Waals surface area contributed by atoms with Crippen LogP contribution in [-0.4, -0.2) is 39.8 Å². The van der Waals surface area contributed by atoms with Crippen molar-refractivity contribution >= 4 is 11.6 Å². The quantitative estimate of drug-likeness (QED) is 0.682. The second-order valence-corrected chi connectivity index (χ2v) is 7.79. The summed E-state index contributed by atoms with van der Waals surface area (Å²) in [7, 11) is 0. The lowest BCUT2D eigenvalue weighted by molar-refractivity contribution is 0.0958. The number of carbonyl (C=O) groups excluding carboxylic acids is 1. The van der Waals surface area contributed by atoms with E-state index in [-0.39, 0.29) is 12.5 Å². The molecule has 1 atom stereocenters. The minimum Gasteiger partial charge on any atom is -0.341 e. The molecule has 0 aliphatic carbocycles. The van der Waals surface area contributed by atoms with Crippen LogP contribution in [0.2, 0.25) is 0 Å². The number of hydrogen-bond acceptors (Lipinski definition) is 3. The molecule has 1 aliphatic heterocycles. The van der Waals surface area contributed by atoms with Crippen LogP contribution in [0, 0.1) is 18.3 Å². The summed E-state index contributed by atoms with van der Waals surface area (Å²) in [5.41, 5.74) is 4.61. The Labute approximate surface area is 171 Å². The highest BCUT2D eigenvalue weighted by Crippen LogP contribution is 2.27. The molecule has 1 aliphatic rings. The molecule has 3 aromatic rings. The number of nitrogens with zero attached hydrogens (tertiary/aromatic N) is 3. The van der Waals surface area contributed by atoms with Crippen LogP contribution in [0.1, 0.15) is 35.8 Å². The minimum atomic E-state index is -0.169. The molecule has 29 heavy (non-hydrogen) atoms.